The van der Waals surface area contributed by atoms with Crippen molar-refractivity contribution >= 4 is 5.82 Å². The highest BCUT2D eigenvalue weighted by Crippen LogP contribution is 2.34. The lowest BCUT2D eigenvalue weighted by molar-refractivity contribution is -0.137. The molecule has 0 aromatic carbocycles. The smallest absolute Gasteiger partial charge is 0.396 e. The Morgan fingerprint density at radius 3 is 2.33 bits per heavy atom. The van der Waals surface area contributed by atoms with E-state index in [-0.39, 0.29) is 6.61 Å². The minimum absolute atomic E-state index is 0.255. The molecule has 1 aliphatic carbocycles. The van der Waals surface area contributed by atoms with Gasteiger partial charge in [0.2, 0.25) is 0 Å². The lowest BCUT2D eigenvalue weighted by atomic mass is 9.80. The second-order valence-corrected chi connectivity index (χ2v) is 6.80. The van der Waals surface area contributed by atoms with Crippen LogP contribution in [0.4, 0.5) is 19.0 Å². The molecule has 6 heteroatoms. The zero-order valence-corrected chi connectivity index (χ0v) is 14.4. The Bertz CT molecular complexity index is 525. The molecule has 1 aliphatic rings. The number of nitrogens with zero attached hydrogens (tertiary/aromatic N) is 2. The van der Waals surface area contributed by atoms with Gasteiger partial charge >= 0.3 is 6.18 Å². The van der Waals surface area contributed by atoms with Crippen molar-refractivity contribution in [1.82, 2.24) is 4.98 Å². The molecular formula is C18H27F3N2O. The summed E-state index contributed by atoms with van der Waals surface area (Å²) in [5.74, 6) is 1.82. The summed E-state index contributed by atoms with van der Waals surface area (Å²) < 4.78 is 38.3. The fraction of sp³-hybridized carbons (Fsp3) is 0.722. The molecule has 0 atom stereocenters. The van der Waals surface area contributed by atoms with Crippen LogP contribution in [0.25, 0.3) is 0 Å². The van der Waals surface area contributed by atoms with Crippen molar-refractivity contribution in [2.45, 2.75) is 52.1 Å². The summed E-state index contributed by atoms with van der Waals surface area (Å²) in [6, 6.07) is 1.18. The molecule has 1 aromatic heterocycles. The monoisotopic (exact) mass is 344 g/mol. The van der Waals surface area contributed by atoms with Gasteiger partial charge in [-0.1, -0.05) is 12.8 Å². The van der Waals surface area contributed by atoms with Crippen molar-refractivity contribution in [2.24, 2.45) is 11.8 Å². The molecule has 2 rings (SSSR count). The molecule has 0 aliphatic heterocycles. The zero-order valence-electron chi connectivity index (χ0n) is 14.4. The molecule has 1 saturated carbocycles. The van der Waals surface area contributed by atoms with Gasteiger partial charge in [0.15, 0.2) is 0 Å². The van der Waals surface area contributed by atoms with Gasteiger partial charge < -0.3 is 10.0 Å². The Balaban J connectivity index is 2.02. The van der Waals surface area contributed by atoms with Gasteiger partial charge in [0.05, 0.1) is 5.56 Å². The number of pyridine rings is 1. The van der Waals surface area contributed by atoms with E-state index in [2.05, 4.69) is 9.88 Å². The van der Waals surface area contributed by atoms with Gasteiger partial charge in [0, 0.05) is 25.9 Å². The van der Waals surface area contributed by atoms with Gasteiger partial charge in [-0.15, -0.1) is 0 Å². The van der Waals surface area contributed by atoms with Crippen molar-refractivity contribution in [3.05, 3.63) is 23.4 Å². The first-order valence-electron chi connectivity index (χ1n) is 8.74. The normalized spacial score (nSPS) is 21.8. The summed E-state index contributed by atoms with van der Waals surface area (Å²) in [5, 5.41) is 9.03. The van der Waals surface area contributed by atoms with E-state index in [0.29, 0.717) is 23.2 Å². The van der Waals surface area contributed by atoms with Crippen molar-refractivity contribution in [3.63, 3.8) is 0 Å². The van der Waals surface area contributed by atoms with Crippen LogP contribution in [0.5, 0.6) is 0 Å². The first-order chi connectivity index (χ1) is 11.3. The van der Waals surface area contributed by atoms with Gasteiger partial charge in [0.1, 0.15) is 5.82 Å². The van der Waals surface area contributed by atoms with Crippen LogP contribution in [-0.2, 0) is 6.18 Å². The average molecular weight is 344 g/mol. The lowest BCUT2D eigenvalue weighted by Gasteiger charge is -2.33. The predicted molar refractivity (Wildman–Crippen MR) is 89.0 cm³/mol. The summed E-state index contributed by atoms with van der Waals surface area (Å²) in [5.41, 5.74) is -0.120. The number of aryl methyl sites for hydroxylation is 1. The zero-order chi connectivity index (χ0) is 17.7. The van der Waals surface area contributed by atoms with Gasteiger partial charge in [-0.2, -0.15) is 13.2 Å². The highest BCUT2D eigenvalue weighted by Gasteiger charge is 2.32. The van der Waals surface area contributed by atoms with Crippen molar-refractivity contribution in [2.75, 3.05) is 24.6 Å². The minimum Gasteiger partial charge on any atom is -0.396 e. The van der Waals surface area contributed by atoms with Crippen LogP contribution in [0.2, 0.25) is 0 Å². The number of alkyl halides is 3. The van der Waals surface area contributed by atoms with E-state index in [1.54, 1.807) is 6.92 Å². The third kappa shape index (κ3) is 4.85. The van der Waals surface area contributed by atoms with Gasteiger partial charge in [-0.05, 0) is 56.6 Å². The largest absolute Gasteiger partial charge is 0.417 e. The van der Waals surface area contributed by atoms with E-state index in [1.807, 2.05) is 6.92 Å². The molecule has 0 spiro atoms. The van der Waals surface area contributed by atoms with Crippen molar-refractivity contribution < 1.29 is 18.3 Å². The second kappa shape index (κ2) is 8.19. The molecular weight excluding hydrogens is 317 g/mol. The van der Waals surface area contributed by atoms with E-state index in [9.17, 15) is 13.2 Å². The standard InChI is InChI=1S/C18H27F3N2O/c1-3-23(12-15-6-4-14(5-7-15)8-9-24)17-13(2)10-16(11-22-17)18(19,20)21/h10-11,14-15,24H,3-9,12H2,1-2H3. The number of aromatic nitrogens is 1. The van der Waals surface area contributed by atoms with E-state index < -0.39 is 11.7 Å². The van der Waals surface area contributed by atoms with Crippen LogP contribution in [0.3, 0.4) is 0 Å². The SMILES string of the molecule is CCN(CC1CCC(CCO)CC1)c1ncc(C(F)(F)F)cc1C. The Kier molecular flexibility index (Phi) is 6.49. The number of anilines is 1. The number of rotatable bonds is 6. The molecule has 0 radical (unpaired) electrons. The summed E-state index contributed by atoms with van der Waals surface area (Å²) in [7, 11) is 0. The molecule has 0 unspecified atom stereocenters. The van der Waals surface area contributed by atoms with E-state index in [0.717, 1.165) is 51.4 Å². The number of hydrogen-bond donors (Lipinski definition) is 1. The predicted octanol–water partition coefficient (Wildman–Crippen LogP) is 4.42. The van der Waals surface area contributed by atoms with E-state index in [1.165, 1.54) is 6.07 Å². The fourth-order valence-corrected chi connectivity index (χ4v) is 3.62. The Morgan fingerprint density at radius 1 is 1.21 bits per heavy atom. The molecule has 0 amide bonds. The molecule has 136 valence electrons. The number of aliphatic hydroxyl groups excluding tert-OH is 1. The maximum Gasteiger partial charge on any atom is 0.417 e. The van der Waals surface area contributed by atoms with Crippen LogP contribution >= 0.6 is 0 Å². The van der Waals surface area contributed by atoms with Gasteiger partial charge in [0.25, 0.3) is 0 Å². The highest BCUT2D eigenvalue weighted by atomic mass is 19.4. The third-order valence-electron chi connectivity index (χ3n) is 5.04. The van der Waals surface area contributed by atoms with Gasteiger partial charge in [-0.25, -0.2) is 4.98 Å². The van der Waals surface area contributed by atoms with Crippen LogP contribution in [-0.4, -0.2) is 29.8 Å². The topological polar surface area (TPSA) is 36.4 Å². The van der Waals surface area contributed by atoms with Crippen LogP contribution in [0.15, 0.2) is 12.3 Å². The Morgan fingerprint density at radius 2 is 1.83 bits per heavy atom. The molecule has 1 N–H and O–H groups in total. The average Bonchev–Trinajstić information content (AvgIpc) is 2.54. The van der Waals surface area contributed by atoms with Gasteiger partial charge in [-0.3, -0.25) is 0 Å². The Hall–Kier alpha value is -1.30. The highest BCUT2D eigenvalue weighted by molar-refractivity contribution is 5.47. The van der Waals surface area contributed by atoms with Crippen LogP contribution < -0.4 is 4.90 Å². The quantitative estimate of drug-likeness (QED) is 0.830. The van der Waals surface area contributed by atoms with Crippen molar-refractivity contribution in [3.8, 4) is 0 Å². The summed E-state index contributed by atoms with van der Waals surface area (Å²) in [6.07, 6.45) is 1.94. The maximum atomic E-state index is 12.8. The number of halogens is 3. The summed E-state index contributed by atoms with van der Waals surface area (Å²) in [4.78, 5) is 6.19. The molecule has 0 saturated heterocycles. The lowest BCUT2D eigenvalue weighted by Crippen LogP contribution is -2.32. The Labute approximate surface area is 141 Å². The van der Waals surface area contributed by atoms with E-state index >= 15 is 0 Å². The first kappa shape index (κ1) is 19.0. The molecule has 0 bridgehead atoms. The fourth-order valence-electron chi connectivity index (χ4n) is 3.62. The number of hydrogen-bond acceptors (Lipinski definition) is 3. The molecule has 1 heterocycles. The van der Waals surface area contributed by atoms with E-state index in [4.69, 9.17) is 5.11 Å². The third-order valence-corrected chi connectivity index (χ3v) is 5.04. The van der Waals surface area contributed by atoms with Crippen molar-refractivity contribution in [1.29, 1.82) is 0 Å². The van der Waals surface area contributed by atoms with Crippen LogP contribution in [0.1, 0.15) is 50.2 Å². The summed E-state index contributed by atoms with van der Waals surface area (Å²) >= 11 is 0. The molecule has 3 nitrogen and oxygen atoms in total. The van der Waals surface area contributed by atoms with Crippen LogP contribution in [0, 0.1) is 18.8 Å². The molecule has 1 fully saturated rings. The second-order valence-electron chi connectivity index (χ2n) is 6.80. The number of aliphatic hydroxyl groups is 1. The minimum atomic E-state index is -4.35. The first-order valence-corrected chi connectivity index (χ1v) is 8.74. The summed E-state index contributed by atoms with van der Waals surface area (Å²) in [6.45, 7) is 5.52. The molecule has 24 heavy (non-hydrogen) atoms. The maximum absolute atomic E-state index is 12.8. The molecule has 1 aromatic rings.